The van der Waals surface area contributed by atoms with Crippen LogP contribution in [0.5, 0.6) is 23.1 Å². The highest BCUT2D eigenvalue weighted by Crippen LogP contribution is 2.37. The molecule has 4 aromatic rings. The minimum atomic E-state index is -0.135. The maximum atomic E-state index is 6.18. The molecule has 2 aromatic carbocycles. The third-order valence-electron chi connectivity index (χ3n) is 5.39. The smallest absolute Gasteiger partial charge is 0.231 e. The van der Waals surface area contributed by atoms with E-state index in [1.807, 2.05) is 36.4 Å². The van der Waals surface area contributed by atoms with Crippen molar-refractivity contribution >= 4 is 34.0 Å². The molecule has 0 amide bonds. The largest absolute Gasteiger partial charge is 0.493 e. The molecule has 0 atom stereocenters. The fourth-order valence-corrected chi connectivity index (χ4v) is 3.71. The molecule has 0 saturated heterocycles. The molecule has 4 rings (SSSR count). The SMILES string of the molecule is CC/C=C(\Nc1cccc(Oc2nc(Cl)nc3cc(OC)c(OC)cc23)c1)Nc1cc(C(C)(C)C)on1. The molecule has 0 saturated carbocycles. The first kappa shape index (κ1) is 26.1. The molecular formula is C27H30ClN5O4. The molecule has 0 aliphatic heterocycles. The van der Waals surface area contributed by atoms with E-state index in [9.17, 15) is 0 Å². The molecule has 2 aromatic heterocycles. The highest BCUT2D eigenvalue weighted by Gasteiger charge is 2.20. The quantitative estimate of drug-likeness (QED) is 0.221. The van der Waals surface area contributed by atoms with Crippen molar-refractivity contribution in [2.24, 2.45) is 0 Å². The number of anilines is 2. The Hall–Kier alpha value is -3.98. The predicted molar refractivity (Wildman–Crippen MR) is 145 cm³/mol. The van der Waals surface area contributed by atoms with Gasteiger partial charge in [-0.05, 0) is 42.3 Å². The lowest BCUT2D eigenvalue weighted by Gasteiger charge is -2.14. The number of rotatable bonds is 9. The van der Waals surface area contributed by atoms with Gasteiger partial charge in [0.25, 0.3) is 0 Å². The number of allylic oxidation sites excluding steroid dienone is 1. The van der Waals surface area contributed by atoms with Gasteiger partial charge in [0.1, 0.15) is 17.3 Å². The second-order valence-corrected chi connectivity index (χ2v) is 9.59. The molecule has 0 unspecified atom stereocenters. The maximum absolute atomic E-state index is 6.18. The summed E-state index contributed by atoms with van der Waals surface area (Å²) in [5.41, 5.74) is 1.23. The van der Waals surface area contributed by atoms with Crippen molar-refractivity contribution in [2.75, 3.05) is 24.9 Å². The Kier molecular flexibility index (Phi) is 7.73. The summed E-state index contributed by atoms with van der Waals surface area (Å²) in [7, 11) is 3.12. The number of methoxy groups -OCH3 is 2. The molecule has 0 aliphatic rings. The zero-order valence-corrected chi connectivity index (χ0v) is 22.4. The van der Waals surface area contributed by atoms with Gasteiger partial charge in [0.05, 0.1) is 25.1 Å². The van der Waals surface area contributed by atoms with Gasteiger partial charge < -0.3 is 29.4 Å². The molecule has 194 valence electrons. The molecule has 9 nitrogen and oxygen atoms in total. The first-order chi connectivity index (χ1) is 17.7. The number of nitrogens with zero attached hydrogens (tertiary/aromatic N) is 3. The zero-order valence-electron chi connectivity index (χ0n) is 21.7. The number of ether oxygens (including phenoxy) is 3. The summed E-state index contributed by atoms with van der Waals surface area (Å²) < 4.78 is 22.4. The third-order valence-corrected chi connectivity index (χ3v) is 5.56. The Morgan fingerprint density at radius 3 is 2.46 bits per heavy atom. The number of aromatic nitrogens is 3. The molecule has 2 heterocycles. The standard InChI is InChI=1S/C27H30ClN5O4/c1-7-9-23(31-24-15-22(37-33-24)27(2,3)4)29-16-10-8-11-17(12-16)36-25-18-13-20(34-5)21(35-6)14-19(18)30-26(28)32-25/h8-15,29H,7H2,1-6H3,(H,31,33)/b23-9+. The van der Waals surface area contributed by atoms with Crippen molar-refractivity contribution in [1.29, 1.82) is 0 Å². The van der Waals surface area contributed by atoms with Crippen LogP contribution < -0.4 is 24.8 Å². The van der Waals surface area contributed by atoms with Gasteiger partial charge >= 0.3 is 0 Å². The summed E-state index contributed by atoms with van der Waals surface area (Å²) in [6.07, 6.45) is 2.84. The molecule has 0 aliphatic carbocycles. The number of hydrogen-bond donors (Lipinski definition) is 2. The molecule has 0 radical (unpaired) electrons. The molecule has 0 fully saturated rings. The molecule has 0 spiro atoms. The fraction of sp³-hybridized carbons (Fsp3) is 0.296. The van der Waals surface area contributed by atoms with Crippen LogP contribution >= 0.6 is 11.6 Å². The van der Waals surface area contributed by atoms with Crippen LogP contribution in [0, 0.1) is 0 Å². The summed E-state index contributed by atoms with van der Waals surface area (Å²) in [5.74, 6) is 4.11. The number of hydrogen-bond acceptors (Lipinski definition) is 9. The minimum Gasteiger partial charge on any atom is -0.493 e. The number of benzene rings is 2. The Morgan fingerprint density at radius 1 is 1.03 bits per heavy atom. The summed E-state index contributed by atoms with van der Waals surface area (Å²) >= 11 is 6.18. The van der Waals surface area contributed by atoms with Gasteiger partial charge in [0, 0.05) is 29.3 Å². The Balaban J connectivity index is 1.58. The van der Waals surface area contributed by atoms with Crippen molar-refractivity contribution < 1.29 is 18.7 Å². The summed E-state index contributed by atoms with van der Waals surface area (Å²) in [6, 6.07) is 12.9. The lowest BCUT2D eigenvalue weighted by Crippen LogP contribution is -2.11. The number of halogens is 1. The Morgan fingerprint density at radius 2 is 1.78 bits per heavy atom. The van der Waals surface area contributed by atoms with E-state index < -0.39 is 0 Å². The van der Waals surface area contributed by atoms with E-state index in [0.29, 0.717) is 39.8 Å². The maximum Gasteiger partial charge on any atom is 0.231 e. The highest BCUT2D eigenvalue weighted by molar-refractivity contribution is 6.28. The van der Waals surface area contributed by atoms with Crippen LogP contribution in [0.3, 0.4) is 0 Å². The molecule has 0 bridgehead atoms. The molecule has 37 heavy (non-hydrogen) atoms. The van der Waals surface area contributed by atoms with Crippen molar-refractivity contribution in [3.05, 3.63) is 65.4 Å². The highest BCUT2D eigenvalue weighted by atomic mass is 35.5. The van der Waals surface area contributed by atoms with Gasteiger partial charge in [-0.25, -0.2) is 4.98 Å². The van der Waals surface area contributed by atoms with E-state index in [-0.39, 0.29) is 10.7 Å². The normalized spacial score (nSPS) is 11.9. The van der Waals surface area contributed by atoms with Crippen LogP contribution in [0.1, 0.15) is 39.9 Å². The van der Waals surface area contributed by atoms with Crippen LogP contribution in [-0.2, 0) is 5.41 Å². The van der Waals surface area contributed by atoms with Gasteiger partial charge in [-0.2, -0.15) is 4.98 Å². The van der Waals surface area contributed by atoms with Gasteiger partial charge in [0.2, 0.25) is 11.2 Å². The zero-order chi connectivity index (χ0) is 26.6. The number of fused-ring (bicyclic) bond motifs is 1. The van der Waals surface area contributed by atoms with Crippen LogP contribution in [0.15, 0.2) is 58.9 Å². The first-order valence-corrected chi connectivity index (χ1v) is 12.2. The summed E-state index contributed by atoms with van der Waals surface area (Å²) in [5, 5.41) is 11.5. The minimum absolute atomic E-state index is 0.0589. The average molecular weight is 524 g/mol. The van der Waals surface area contributed by atoms with Crippen LogP contribution in [0.25, 0.3) is 10.9 Å². The molecule has 10 heteroatoms. The summed E-state index contributed by atoms with van der Waals surface area (Å²) in [6.45, 7) is 8.28. The number of nitrogens with one attached hydrogen (secondary N) is 2. The van der Waals surface area contributed by atoms with E-state index >= 15 is 0 Å². The van der Waals surface area contributed by atoms with Crippen molar-refractivity contribution in [3.8, 4) is 23.1 Å². The molecule has 2 N–H and O–H groups in total. The van der Waals surface area contributed by atoms with E-state index in [0.717, 1.165) is 23.7 Å². The Labute approximate surface area is 220 Å². The van der Waals surface area contributed by atoms with Crippen molar-refractivity contribution in [3.63, 3.8) is 0 Å². The summed E-state index contributed by atoms with van der Waals surface area (Å²) in [4.78, 5) is 8.59. The average Bonchev–Trinajstić information content (AvgIpc) is 3.33. The van der Waals surface area contributed by atoms with E-state index in [4.69, 9.17) is 30.3 Å². The lowest BCUT2D eigenvalue weighted by molar-refractivity contribution is 0.331. The van der Waals surface area contributed by atoms with Crippen LogP contribution in [0.4, 0.5) is 11.5 Å². The lowest BCUT2D eigenvalue weighted by atomic mass is 9.93. The topological polar surface area (TPSA) is 104 Å². The van der Waals surface area contributed by atoms with Gasteiger partial charge in [-0.1, -0.05) is 38.9 Å². The Bertz CT molecular complexity index is 1430. The van der Waals surface area contributed by atoms with Crippen LogP contribution in [-0.4, -0.2) is 29.3 Å². The van der Waals surface area contributed by atoms with Gasteiger partial charge in [-0.3, -0.25) is 0 Å². The van der Waals surface area contributed by atoms with Gasteiger partial charge in [-0.15, -0.1) is 0 Å². The third kappa shape index (κ3) is 6.24. The van der Waals surface area contributed by atoms with Crippen LogP contribution in [0.2, 0.25) is 5.28 Å². The van der Waals surface area contributed by atoms with E-state index in [1.165, 1.54) is 0 Å². The van der Waals surface area contributed by atoms with Gasteiger partial charge in [0.15, 0.2) is 17.3 Å². The fourth-order valence-electron chi connectivity index (χ4n) is 3.55. The second kappa shape index (κ2) is 11.0. The van der Waals surface area contributed by atoms with Crippen molar-refractivity contribution in [1.82, 2.24) is 15.1 Å². The van der Waals surface area contributed by atoms with E-state index in [1.54, 1.807) is 26.4 Å². The second-order valence-electron chi connectivity index (χ2n) is 9.25. The molecular weight excluding hydrogens is 494 g/mol. The van der Waals surface area contributed by atoms with Crippen molar-refractivity contribution in [2.45, 2.75) is 39.5 Å². The monoisotopic (exact) mass is 523 g/mol. The van der Waals surface area contributed by atoms with E-state index in [2.05, 4.69) is 53.5 Å². The first-order valence-electron chi connectivity index (χ1n) is 11.8. The predicted octanol–water partition coefficient (Wildman–Crippen LogP) is 7.15.